The minimum Gasteiger partial charge on any atom is -0.368 e. The smallest absolute Gasteiger partial charge is 0.244 e. The number of hydrogen-bond acceptors (Lipinski definition) is 4. The van der Waals surface area contributed by atoms with Gasteiger partial charge in [-0.05, 0) is 39.3 Å². The lowest BCUT2D eigenvalue weighted by Crippen LogP contribution is -2.11. The summed E-state index contributed by atoms with van der Waals surface area (Å²) in [5.74, 6) is 0.951. The maximum atomic E-state index is 5.91. The lowest BCUT2D eigenvalue weighted by Gasteiger charge is -2.07. The van der Waals surface area contributed by atoms with E-state index in [2.05, 4.69) is 28.4 Å². The summed E-state index contributed by atoms with van der Waals surface area (Å²) in [6.45, 7) is 8.17. The molecular weight excluding hydrogens is 226 g/mol. The minimum absolute atomic E-state index is 0.277. The first kappa shape index (κ1) is 12.4. The zero-order valence-electron chi connectivity index (χ0n) is 11.2. The van der Waals surface area contributed by atoms with E-state index in [9.17, 15) is 0 Å². The molecule has 1 aromatic heterocycles. The van der Waals surface area contributed by atoms with Gasteiger partial charge in [-0.3, -0.25) is 0 Å². The van der Waals surface area contributed by atoms with E-state index in [-0.39, 0.29) is 6.04 Å². The fourth-order valence-corrected chi connectivity index (χ4v) is 1.86. The molecule has 0 radical (unpaired) electrons. The van der Waals surface area contributed by atoms with Crippen LogP contribution in [0, 0.1) is 13.8 Å². The normalized spacial score (nSPS) is 10.9. The molecule has 0 aliphatic carbocycles. The summed E-state index contributed by atoms with van der Waals surface area (Å²) in [7, 11) is 0. The number of benzene rings is 1. The Morgan fingerprint density at radius 1 is 1.28 bits per heavy atom. The predicted molar refractivity (Wildman–Crippen MR) is 74.0 cm³/mol. The van der Waals surface area contributed by atoms with Gasteiger partial charge in [-0.1, -0.05) is 17.7 Å². The Hall–Kier alpha value is -2.04. The van der Waals surface area contributed by atoms with Crippen LogP contribution in [0.15, 0.2) is 18.2 Å². The number of aryl methyl sites for hydroxylation is 2. The fourth-order valence-electron chi connectivity index (χ4n) is 1.86. The van der Waals surface area contributed by atoms with Crippen molar-refractivity contribution < 1.29 is 0 Å². The molecule has 0 fully saturated rings. The molecule has 0 spiro atoms. The van der Waals surface area contributed by atoms with Crippen molar-refractivity contribution in [3.63, 3.8) is 0 Å². The standard InChI is InChI=1S/C13H19N5/c1-8(2)15-13-16-12(14)18(17-13)11-6-5-9(3)7-10(11)4/h5-8H,1-4H3,(H3,14,15,16,17). The zero-order chi connectivity index (χ0) is 13.3. The van der Waals surface area contributed by atoms with Gasteiger partial charge in [-0.25, -0.2) is 0 Å². The van der Waals surface area contributed by atoms with Gasteiger partial charge in [-0.15, -0.1) is 5.10 Å². The molecule has 5 nitrogen and oxygen atoms in total. The molecule has 0 atom stereocenters. The second kappa shape index (κ2) is 4.68. The zero-order valence-corrected chi connectivity index (χ0v) is 11.2. The van der Waals surface area contributed by atoms with Crippen molar-refractivity contribution in [3.05, 3.63) is 29.3 Å². The van der Waals surface area contributed by atoms with Gasteiger partial charge >= 0.3 is 0 Å². The Bertz CT molecular complexity index is 557. The average molecular weight is 245 g/mol. The van der Waals surface area contributed by atoms with E-state index < -0.39 is 0 Å². The number of nitrogens with two attached hydrogens (primary N) is 1. The van der Waals surface area contributed by atoms with Gasteiger partial charge in [0.05, 0.1) is 5.69 Å². The van der Waals surface area contributed by atoms with Crippen molar-refractivity contribution in [2.24, 2.45) is 0 Å². The van der Waals surface area contributed by atoms with E-state index in [0.717, 1.165) is 11.3 Å². The molecule has 96 valence electrons. The summed E-state index contributed by atoms with van der Waals surface area (Å²) >= 11 is 0. The van der Waals surface area contributed by atoms with Crippen LogP contribution in [0.3, 0.4) is 0 Å². The van der Waals surface area contributed by atoms with Gasteiger partial charge < -0.3 is 11.1 Å². The highest BCUT2D eigenvalue weighted by atomic mass is 15.4. The van der Waals surface area contributed by atoms with Crippen LogP contribution in [0.2, 0.25) is 0 Å². The molecule has 0 saturated heterocycles. The molecule has 1 aromatic carbocycles. The quantitative estimate of drug-likeness (QED) is 0.870. The monoisotopic (exact) mass is 245 g/mol. The van der Waals surface area contributed by atoms with Crippen molar-refractivity contribution >= 4 is 11.9 Å². The lowest BCUT2D eigenvalue weighted by molar-refractivity contribution is 0.845. The summed E-state index contributed by atoms with van der Waals surface area (Å²) < 4.78 is 1.67. The van der Waals surface area contributed by atoms with E-state index in [4.69, 9.17) is 5.73 Å². The van der Waals surface area contributed by atoms with E-state index >= 15 is 0 Å². The first-order valence-electron chi connectivity index (χ1n) is 6.04. The maximum Gasteiger partial charge on any atom is 0.244 e. The highest BCUT2D eigenvalue weighted by Gasteiger charge is 2.11. The van der Waals surface area contributed by atoms with Crippen molar-refractivity contribution in [2.45, 2.75) is 33.7 Å². The van der Waals surface area contributed by atoms with Gasteiger partial charge in [0.2, 0.25) is 11.9 Å². The molecule has 18 heavy (non-hydrogen) atoms. The van der Waals surface area contributed by atoms with Crippen LogP contribution in [-0.4, -0.2) is 20.8 Å². The summed E-state index contributed by atoms with van der Waals surface area (Å²) in [6, 6.07) is 6.43. The van der Waals surface area contributed by atoms with Crippen LogP contribution in [0.1, 0.15) is 25.0 Å². The third kappa shape index (κ3) is 2.45. The van der Waals surface area contributed by atoms with Gasteiger partial charge in [-0.2, -0.15) is 9.67 Å². The van der Waals surface area contributed by atoms with Gasteiger partial charge in [0.15, 0.2) is 0 Å². The van der Waals surface area contributed by atoms with Crippen molar-refractivity contribution in [3.8, 4) is 5.69 Å². The molecule has 0 aliphatic heterocycles. The maximum absolute atomic E-state index is 5.91. The molecule has 2 aromatic rings. The fraction of sp³-hybridized carbons (Fsp3) is 0.385. The molecule has 0 amide bonds. The van der Waals surface area contributed by atoms with Crippen LogP contribution in [-0.2, 0) is 0 Å². The Morgan fingerprint density at radius 2 is 2.00 bits per heavy atom. The number of aromatic nitrogens is 3. The van der Waals surface area contributed by atoms with Crippen LogP contribution < -0.4 is 11.1 Å². The number of hydrogen-bond donors (Lipinski definition) is 2. The number of nitrogen functional groups attached to an aromatic ring is 1. The molecular formula is C13H19N5. The van der Waals surface area contributed by atoms with E-state index in [1.165, 1.54) is 5.56 Å². The van der Waals surface area contributed by atoms with Gasteiger partial charge in [0, 0.05) is 6.04 Å². The summed E-state index contributed by atoms with van der Waals surface area (Å²) in [6.07, 6.45) is 0. The minimum atomic E-state index is 0.277. The van der Waals surface area contributed by atoms with E-state index in [1.807, 2.05) is 32.9 Å². The van der Waals surface area contributed by atoms with Crippen molar-refractivity contribution in [2.75, 3.05) is 11.1 Å². The number of nitrogens with one attached hydrogen (secondary N) is 1. The highest BCUT2D eigenvalue weighted by molar-refractivity contribution is 5.47. The molecule has 0 bridgehead atoms. The summed E-state index contributed by atoms with van der Waals surface area (Å²) in [5.41, 5.74) is 9.21. The predicted octanol–water partition coefficient (Wildman–Crippen LogP) is 2.29. The number of anilines is 2. The van der Waals surface area contributed by atoms with E-state index in [1.54, 1.807) is 4.68 Å². The molecule has 3 N–H and O–H groups in total. The molecule has 0 saturated carbocycles. The van der Waals surface area contributed by atoms with E-state index in [0.29, 0.717) is 11.9 Å². The molecule has 2 rings (SSSR count). The Labute approximate surface area is 107 Å². The third-order valence-corrected chi connectivity index (χ3v) is 2.63. The lowest BCUT2D eigenvalue weighted by atomic mass is 10.1. The summed E-state index contributed by atoms with van der Waals surface area (Å²) in [4.78, 5) is 4.21. The molecule has 0 aliphatic rings. The van der Waals surface area contributed by atoms with Gasteiger partial charge in [0.25, 0.3) is 0 Å². The third-order valence-electron chi connectivity index (χ3n) is 2.63. The van der Waals surface area contributed by atoms with Crippen LogP contribution in [0.5, 0.6) is 0 Å². The van der Waals surface area contributed by atoms with Crippen LogP contribution >= 0.6 is 0 Å². The molecule has 0 unspecified atom stereocenters. The topological polar surface area (TPSA) is 68.8 Å². The van der Waals surface area contributed by atoms with Gasteiger partial charge in [0.1, 0.15) is 0 Å². The number of rotatable bonds is 3. The second-order valence-electron chi connectivity index (χ2n) is 4.79. The summed E-state index contributed by atoms with van der Waals surface area (Å²) in [5, 5.41) is 7.52. The second-order valence-corrected chi connectivity index (χ2v) is 4.79. The first-order valence-corrected chi connectivity index (χ1v) is 6.04. The molecule has 5 heteroatoms. The van der Waals surface area contributed by atoms with Crippen LogP contribution in [0.25, 0.3) is 5.69 Å². The van der Waals surface area contributed by atoms with Crippen molar-refractivity contribution in [1.82, 2.24) is 14.8 Å². The first-order chi connectivity index (χ1) is 8.47. The van der Waals surface area contributed by atoms with Crippen molar-refractivity contribution in [1.29, 1.82) is 0 Å². The SMILES string of the molecule is Cc1ccc(-n2nc(NC(C)C)nc2N)c(C)c1. The largest absolute Gasteiger partial charge is 0.368 e. The number of nitrogens with zero attached hydrogens (tertiary/aromatic N) is 3. The van der Waals surface area contributed by atoms with Crippen LogP contribution in [0.4, 0.5) is 11.9 Å². The molecule has 1 heterocycles. The Morgan fingerprint density at radius 3 is 2.61 bits per heavy atom. The Balaban J connectivity index is 2.41. The average Bonchev–Trinajstić information content (AvgIpc) is 2.58. The highest BCUT2D eigenvalue weighted by Crippen LogP contribution is 2.19. The Kier molecular flexibility index (Phi) is 3.23.